The van der Waals surface area contributed by atoms with Crippen molar-refractivity contribution in [3.63, 3.8) is 0 Å². The molecule has 4 heterocycles. The standard InChI is InChI=1S/C24H21F3N8O4/c25-14-5-12(6-15(26)19(14)27)17-9-35(33-31-17)20-21(37)18(3-4-36)39-23(22(20)38)24-32-29-10-34(24)13-2-1-11-8-28-30-16(11)7-13/h1-2,5-10,18,20-23,36-38H,3-4H2,(H,28,30)/t18-,20+,21+,22-,23-/m1/s1. The van der Waals surface area contributed by atoms with E-state index < -0.39 is 47.9 Å². The predicted molar refractivity (Wildman–Crippen MR) is 127 cm³/mol. The Kier molecular flexibility index (Phi) is 6.34. The van der Waals surface area contributed by atoms with E-state index in [0.29, 0.717) is 5.69 Å². The van der Waals surface area contributed by atoms with Crippen LogP contribution in [0, 0.1) is 17.5 Å². The first-order valence-electron chi connectivity index (χ1n) is 11.9. The summed E-state index contributed by atoms with van der Waals surface area (Å²) in [6.45, 7) is -0.322. The number of aromatic nitrogens is 8. The highest BCUT2D eigenvalue weighted by atomic mass is 19.2. The largest absolute Gasteiger partial charge is 0.396 e. The van der Waals surface area contributed by atoms with Crippen LogP contribution in [-0.4, -0.2) is 80.2 Å². The summed E-state index contributed by atoms with van der Waals surface area (Å²) in [6, 6.07) is 5.82. The van der Waals surface area contributed by atoms with Crippen LogP contribution in [0.5, 0.6) is 0 Å². The predicted octanol–water partition coefficient (Wildman–Crippen LogP) is 1.60. The van der Waals surface area contributed by atoms with E-state index in [2.05, 4.69) is 30.7 Å². The van der Waals surface area contributed by atoms with Crippen molar-refractivity contribution in [2.24, 2.45) is 0 Å². The average Bonchev–Trinajstić information content (AvgIpc) is 3.69. The molecule has 1 aliphatic rings. The van der Waals surface area contributed by atoms with Gasteiger partial charge in [0.2, 0.25) is 0 Å². The van der Waals surface area contributed by atoms with Crippen molar-refractivity contribution < 1.29 is 33.2 Å². The van der Waals surface area contributed by atoms with E-state index in [0.717, 1.165) is 27.7 Å². The lowest BCUT2D eigenvalue weighted by Crippen LogP contribution is -2.52. The summed E-state index contributed by atoms with van der Waals surface area (Å²) in [5.74, 6) is -4.21. The molecule has 0 aliphatic carbocycles. The molecular formula is C24H21F3N8O4. The molecule has 15 heteroatoms. The first-order valence-corrected chi connectivity index (χ1v) is 11.9. The maximum absolute atomic E-state index is 13.8. The van der Waals surface area contributed by atoms with Gasteiger partial charge in [-0.25, -0.2) is 17.9 Å². The summed E-state index contributed by atoms with van der Waals surface area (Å²) in [5, 5.41) is 55.8. The fraction of sp³-hybridized carbons (Fsp3) is 0.292. The van der Waals surface area contributed by atoms with Gasteiger partial charge in [-0.1, -0.05) is 5.21 Å². The lowest BCUT2D eigenvalue weighted by atomic mass is 9.90. The number of nitrogens with one attached hydrogen (secondary N) is 1. The number of aromatic amines is 1. The molecule has 0 amide bonds. The van der Waals surface area contributed by atoms with Gasteiger partial charge in [0.15, 0.2) is 23.3 Å². The van der Waals surface area contributed by atoms with Gasteiger partial charge in [-0.2, -0.15) is 5.10 Å². The maximum atomic E-state index is 13.8. The Bertz CT molecular complexity index is 1620. The molecule has 0 unspecified atom stereocenters. The van der Waals surface area contributed by atoms with E-state index in [4.69, 9.17) is 4.74 Å². The molecule has 0 radical (unpaired) electrons. The molecule has 1 saturated heterocycles. The van der Waals surface area contributed by atoms with Gasteiger partial charge in [-0.3, -0.25) is 9.67 Å². The monoisotopic (exact) mass is 542 g/mol. The average molecular weight is 542 g/mol. The number of hydrogen-bond donors (Lipinski definition) is 4. The van der Waals surface area contributed by atoms with Crippen LogP contribution in [0.15, 0.2) is 49.1 Å². The van der Waals surface area contributed by atoms with Crippen LogP contribution in [0.3, 0.4) is 0 Å². The molecule has 0 saturated carbocycles. The van der Waals surface area contributed by atoms with Crippen molar-refractivity contribution in [1.29, 1.82) is 0 Å². The number of ether oxygens (including phenoxy) is 1. The van der Waals surface area contributed by atoms with Crippen LogP contribution in [-0.2, 0) is 4.74 Å². The van der Waals surface area contributed by atoms with Crippen molar-refractivity contribution in [2.45, 2.75) is 36.9 Å². The highest BCUT2D eigenvalue weighted by Gasteiger charge is 2.48. The quantitative estimate of drug-likeness (QED) is 0.234. The summed E-state index contributed by atoms with van der Waals surface area (Å²) in [7, 11) is 0. The van der Waals surface area contributed by atoms with Crippen molar-refractivity contribution in [1.82, 2.24) is 40.0 Å². The zero-order chi connectivity index (χ0) is 27.3. The van der Waals surface area contributed by atoms with Crippen molar-refractivity contribution in [2.75, 3.05) is 6.61 Å². The number of hydrogen-bond acceptors (Lipinski definition) is 9. The summed E-state index contributed by atoms with van der Waals surface area (Å²) >= 11 is 0. The lowest BCUT2D eigenvalue weighted by molar-refractivity contribution is -0.205. The zero-order valence-electron chi connectivity index (χ0n) is 19.9. The number of halogens is 3. The summed E-state index contributed by atoms with van der Waals surface area (Å²) < 4.78 is 49.8. The maximum Gasteiger partial charge on any atom is 0.194 e. The molecule has 5 aromatic rings. The number of nitrogens with zero attached hydrogens (tertiary/aromatic N) is 7. The van der Waals surface area contributed by atoms with Gasteiger partial charge in [-0.15, -0.1) is 15.3 Å². The normalized spacial score (nSPS) is 23.5. The van der Waals surface area contributed by atoms with Crippen molar-refractivity contribution in [3.8, 4) is 16.9 Å². The Labute approximate surface area is 217 Å². The molecule has 3 aromatic heterocycles. The highest BCUT2D eigenvalue weighted by Crippen LogP contribution is 2.39. The molecule has 0 bridgehead atoms. The molecule has 0 spiro atoms. The van der Waals surface area contributed by atoms with Crippen LogP contribution < -0.4 is 0 Å². The number of fused-ring (bicyclic) bond motifs is 1. The van der Waals surface area contributed by atoms with E-state index in [1.807, 2.05) is 18.2 Å². The molecule has 12 nitrogen and oxygen atoms in total. The van der Waals surface area contributed by atoms with Crippen LogP contribution in [0.1, 0.15) is 24.4 Å². The minimum Gasteiger partial charge on any atom is -0.396 e. The molecule has 39 heavy (non-hydrogen) atoms. The van der Waals surface area contributed by atoms with Crippen LogP contribution in [0.4, 0.5) is 13.2 Å². The molecule has 6 rings (SSSR count). The Balaban J connectivity index is 1.37. The van der Waals surface area contributed by atoms with Gasteiger partial charge in [0.25, 0.3) is 0 Å². The van der Waals surface area contributed by atoms with E-state index in [1.54, 1.807) is 10.8 Å². The Morgan fingerprint density at radius 1 is 1.03 bits per heavy atom. The van der Waals surface area contributed by atoms with Crippen LogP contribution >= 0.6 is 0 Å². The number of H-pyrrole nitrogens is 1. The van der Waals surface area contributed by atoms with Gasteiger partial charge in [0.05, 0.1) is 29.7 Å². The molecule has 4 N–H and O–H groups in total. The number of aliphatic hydroxyl groups is 3. The molecule has 5 atom stereocenters. The Morgan fingerprint density at radius 3 is 2.59 bits per heavy atom. The fourth-order valence-electron chi connectivity index (χ4n) is 4.81. The fourth-order valence-corrected chi connectivity index (χ4v) is 4.81. The Hall–Kier alpha value is -4.18. The molecule has 202 valence electrons. The summed E-state index contributed by atoms with van der Waals surface area (Å²) in [4.78, 5) is 0. The van der Waals surface area contributed by atoms with Gasteiger partial charge in [-0.05, 0) is 36.8 Å². The highest BCUT2D eigenvalue weighted by molar-refractivity contribution is 5.80. The SMILES string of the molecule is OCC[C@H]1O[C@@H](c2nncn2-c2ccc3cn[nH]c3c2)[C@H](O)[C@@H](n2cc(-c3cc(F)c(F)c(F)c3)nn2)[C@H]1O. The molecular weight excluding hydrogens is 521 g/mol. The topological polar surface area (TPSA) is 160 Å². The second-order valence-electron chi connectivity index (χ2n) is 9.12. The molecule has 1 fully saturated rings. The third-order valence-electron chi connectivity index (χ3n) is 6.75. The summed E-state index contributed by atoms with van der Waals surface area (Å²) in [5.41, 5.74) is 1.29. The van der Waals surface area contributed by atoms with Crippen LogP contribution in [0.25, 0.3) is 27.8 Å². The number of benzene rings is 2. The summed E-state index contributed by atoms with van der Waals surface area (Å²) in [6.07, 6.45) is -0.515. The van der Waals surface area contributed by atoms with Gasteiger partial charge >= 0.3 is 0 Å². The second-order valence-corrected chi connectivity index (χ2v) is 9.12. The molecule has 2 aromatic carbocycles. The van der Waals surface area contributed by atoms with Crippen molar-refractivity contribution in [3.05, 3.63) is 72.3 Å². The third-order valence-corrected chi connectivity index (χ3v) is 6.75. The van der Waals surface area contributed by atoms with Gasteiger partial charge in [0, 0.05) is 17.6 Å². The first-order chi connectivity index (χ1) is 18.9. The lowest BCUT2D eigenvalue weighted by Gasteiger charge is -2.42. The number of aliphatic hydroxyl groups excluding tert-OH is 3. The van der Waals surface area contributed by atoms with Gasteiger partial charge < -0.3 is 20.1 Å². The zero-order valence-corrected chi connectivity index (χ0v) is 19.9. The third kappa shape index (κ3) is 4.34. The van der Waals surface area contributed by atoms with Gasteiger partial charge in [0.1, 0.15) is 36.4 Å². The van der Waals surface area contributed by atoms with E-state index in [1.165, 1.54) is 12.5 Å². The van der Waals surface area contributed by atoms with E-state index >= 15 is 0 Å². The first kappa shape index (κ1) is 25.1. The molecule has 1 aliphatic heterocycles. The van der Waals surface area contributed by atoms with Crippen molar-refractivity contribution >= 4 is 10.9 Å². The minimum absolute atomic E-state index is 0.0189. The van der Waals surface area contributed by atoms with E-state index in [-0.39, 0.29) is 30.1 Å². The Morgan fingerprint density at radius 2 is 1.82 bits per heavy atom. The second kappa shape index (κ2) is 9.85. The van der Waals surface area contributed by atoms with E-state index in [9.17, 15) is 28.5 Å². The number of rotatable bonds is 6. The smallest absolute Gasteiger partial charge is 0.194 e. The van der Waals surface area contributed by atoms with Crippen LogP contribution in [0.2, 0.25) is 0 Å². The minimum atomic E-state index is -1.62.